The number of carbonyl (C=O) groups excluding carboxylic acids is 1. The first-order valence-electron chi connectivity index (χ1n) is 5.60. The fraction of sp³-hybridized carbons (Fsp3) is 0.417. The van der Waals surface area contributed by atoms with Gasteiger partial charge in [0.25, 0.3) is 0 Å². The summed E-state index contributed by atoms with van der Waals surface area (Å²) < 4.78 is 77.9. The van der Waals surface area contributed by atoms with Gasteiger partial charge in [0.1, 0.15) is 5.75 Å². The lowest BCUT2D eigenvalue weighted by Gasteiger charge is -2.23. The Balaban J connectivity index is 2.81. The van der Waals surface area contributed by atoms with E-state index in [-0.39, 0.29) is 5.75 Å². The first-order chi connectivity index (χ1) is 9.41. The predicted octanol–water partition coefficient (Wildman–Crippen LogP) is 3.89. The molecular weight excluding hydrogens is 304 g/mol. The highest BCUT2D eigenvalue weighted by Gasteiger charge is 2.57. The van der Waals surface area contributed by atoms with E-state index in [0.29, 0.717) is 5.56 Å². The van der Waals surface area contributed by atoms with Crippen molar-refractivity contribution in [1.82, 2.24) is 5.32 Å². The van der Waals surface area contributed by atoms with Gasteiger partial charge in [-0.1, -0.05) is 6.07 Å². The van der Waals surface area contributed by atoms with Crippen LogP contribution in [0.3, 0.4) is 0 Å². The van der Waals surface area contributed by atoms with Crippen LogP contribution in [0, 0.1) is 13.8 Å². The molecule has 1 N–H and O–H groups in total. The quantitative estimate of drug-likeness (QED) is 0.841. The number of hydrogen-bond donors (Lipinski definition) is 1. The normalized spacial score (nSPS) is 12.4. The molecule has 1 aromatic carbocycles. The summed E-state index contributed by atoms with van der Waals surface area (Å²) in [6.07, 6.45) is -13.2. The minimum Gasteiger partial charge on any atom is -0.410 e. The summed E-state index contributed by atoms with van der Waals surface area (Å²) in [5.74, 6) is -0.154. The van der Waals surface area contributed by atoms with Crippen molar-refractivity contribution in [3.8, 4) is 5.75 Å². The summed E-state index contributed by atoms with van der Waals surface area (Å²) in [6.45, 7) is 3.39. The molecule has 0 unspecified atom stereocenters. The van der Waals surface area contributed by atoms with Crippen molar-refractivity contribution < 1.29 is 35.9 Å². The van der Waals surface area contributed by atoms with Crippen molar-refractivity contribution in [3.05, 3.63) is 29.3 Å². The molecule has 0 aliphatic heterocycles. The van der Waals surface area contributed by atoms with E-state index in [1.807, 2.05) is 0 Å². The summed E-state index contributed by atoms with van der Waals surface area (Å²) in [4.78, 5) is 11.2. The molecule has 0 radical (unpaired) electrons. The van der Waals surface area contributed by atoms with Crippen molar-refractivity contribution in [3.63, 3.8) is 0 Å². The second-order valence-electron chi connectivity index (χ2n) is 4.30. The molecule has 0 bridgehead atoms. The highest BCUT2D eigenvalue weighted by molar-refractivity contribution is 5.71. The van der Waals surface area contributed by atoms with Crippen molar-refractivity contribution in [2.24, 2.45) is 0 Å². The Morgan fingerprint density at radius 2 is 1.57 bits per heavy atom. The van der Waals surface area contributed by atoms with Crippen LogP contribution in [-0.4, -0.2) is 24.5 Å². The zero-order chi connectivity index (χ0) is 16.4. The lowest BCUT2D eigenvalue weighted by molar-refractivity contribution is -0.255. The number of benzene rings is 1. The molecule has 0 spiro atoms. The van der Waals surface area contributed by atoms with Crippen molar-refractivity contribution in [2.75, 3.05) is 0 Å². The summed E-state index contributed by atoms with van der Waals surface area (Å²) in [6, 6.07) is 0.121. The monoisotopic (exact) mass is 315 g/mol. The summed E-state index contributed by atoms with van der Waals surface area (Å²) in [5.41, 5.74) is 1.50. The van der Waals surface area contributed by atoms with Gasteiger partial charge in [-0.3, -0.25) is 0 Å². The maximum absolute atomic E-state index is 12.2. The third-order valence-electron chi connectivity index (χ3n) is 2.61. The average Bonchev–Trinajstić information content (AvgIpc) is 2.28. The minimum absolute atomic E-state index is 0.154. The molecule has 118 valence electrons. The van der Waals surface area contributed by atoms with Crippen LogP contribution < -0.4 is 10.1 Å². The molecular formula is C12H11F6NO2. The predicted molar refractivity (Wildman–Crippen MR) is 61.0 cm³/mol. The van der Waals surface area contributed by atoms with Crippen LogP contribution in [0.5, 0.6) is 5.75 Å². The molecule has 1 amide bonds. The molecule has 1 rings (SSSR count). The topological polar surface area (TPSA) is 38.3 Å². The van der Waals surface area contributed by atoms with Gasteiger partial charge in [0, 0.05) is 0 Å². The van der Waals surface area contributed by atoms with Gasteiger partial charge >= 0.3 is 18.4 Å². The molecule has 9 heteroatoms. The highest BCUT2D eigenvalue weighted by Crippen LogP contribution is 2.33. The summed E-state index contributed by atoms with van der Waals surface area (Å²) in [5, 5.41) is 0.768. The van der Waals surface area contributed by atoms with Crippen molar-refractivity contribution >= 4 is 6.09 Å². The number of rotatable bonds is 2. The largest absolute Gasteiger partial charge is 0.417 e. The Hall–Kier alpha value is -1.93. The van der Waals surface area contributed by atoms with Crippen molar-refractivity contribution in [2.45, 2.75) is 32.2 Å². The SMILES string of the molecule is Cc1ccc(OC(=O)NC(C(F)(F)F)C(F)(F)F)cc1C. The maximum atomic E-state index is 12.2. The standard InChI is InChI=1S/C12H11F6NO2/c1-6-3-4-8(5-7(6)2)21-10(20)19-9(11(13,14)15)12(16,17)18/h3-5,9H,1-2H3,(H,19,20). The number of alkyl halides is 6. The van der Waals surface area contributed by atoms with Gasteiger partial charge in [0.05, 0.1) is 0 Å². The van der Waals surface area contributed by atoms with E-state index in [0.717, 1.165) is 10.9 Å². The lowest BCUT2D eigenvalue weighted by atomic mass is 10.1. The average molecular weight is 315 g/mol. The van der Waals surface area contributed by atoms with Gasteiger partial charge in [0.15, 0.2) is 0 Å². The van der Waals surface area contributed by atoms with E-state index < -0.39 is 24.5 Å². The molecule has 0 saturated heterocycles. The van der Waals surface area contributed by atoms with Gasteiger partial charge in [-0.2, -0.15) is 26.3 Å². The molecule has 0 fully saturated rings. The molecule has 21 heavy (non-hydrogen) atoms. The maximum Gasteiger partial charge on any atom is 0.417 e. The minimum atomic E-state index is -5.67. The lowest BCUT2D eigenvalue weighted by Crippen LogP contribution is -2.55. The van der Waals surface area contributed by atoms with Crippen LogP contribution in [0.2, 0.25) is 0 Å². The number of nitrogens with one attached hydrogen (secondary N) is 1. The Morgan fingerprint density at radius 1 is 1.05 bits per heavy atom. The Morgan fingerprint density at radius 3 is 2.00 bits per heavy atom. The van der Waals surface area contributed by atoms with E-state index in [4.69, 9.17) is 0 Å². The van der Waals surface area contributed by atoms with Crippen molar-refractivity contribution in [1.29, 1.82) is 0 Å². The number of aryl methyl sites for hydroxylation is 2. The van der Waals surface area contributed by atoms with Gasteiger partial charge in [0.2, 0.25) is 6.04 Å². The molecule has 3 nitrogen and oxygen atoms in total. The number of hydrogen-bond acceptors (Lipinski definition) is 2. The van der Waals surface area contributed by atoms with E-state index in [1.165, 1.54) is 18.2 Å². The van der Waals surface area contributed by atoms with E-state index in [9.17, 15) is 31.1 Å². The van der Waals surface area contributed by atoms with Gasteiger partial charge in [-0.15, -0.1) is 0 Å². The van der Waals surface area contributed by atoms with Crippen LogP contribution in [0.25, 0.3) is 0 Å². The van der Waals surface area contributed by atoms with E-state index in [1.54, 1.807) is 13.8 Å². The van der Waals surface area contributed by atoms with E-state index in [2.05, 4.69) is 4.74 Å². The van der Waals surface area contributed by atoms with E-state index >= 15 is 0 Å². The molecule has 0 heterocycles. The van der Waals surface area contributed by atoms with Crippen LogP contribution >= 0.6 is 0 Å². The van der Waals surface area contributed by atoms with Crippen LogP contribution in [0.15, 0.2) is 18.2 Å². The highest BCUT2D eigenvalue weighted by atomic mass is 19.4. The molecule has 0 atom stereocenters. The number of ether oxygens (including phenoxy) is 1. The smallest absolute Gasteiger partial charge is 0.410 e. The first kappa shape index (κ1) is 17.1. The Kier molecular flexibility index (Phi) is 4.75. The Labute approximate surface area is 115 Å². The molecule has 1 aromatic rings. The zero-order valence-corrected chi connectivity index (χ0v) is 10.9. The van der Waals surface area contributed by atoms with Gasteiger partial charge < -0.3 is 10.1 Å². The fourth-order valence-corrected chi connectivity index (χ4v) is 1.38. The Bertz CT molecular complexity index is 509. The molecule has 0 aliphatic carbocycles. The summed E-state index contributed by atoms with van der Waals surface area (Å²) in [7, 11) is 0. The van der Waals surface area contributed by atoms with Crippen LogP contribution in [0.1, 0.15) is 11.1 Å². The van der Waals surface area contributed by atoms with Gasteiger partial charge in [-0.05, 0) is 37.1 Å². The second kappa shape index (κ2) is 5.82. The van der Waals surface area contributed by atoms with Crippen LogP contribution in [-0.2, 0) is 0 Å². The third-order valence-corrected chi connectivity index (χ3v) is 2.61. The number of carbonyl (C=O) groups is 1. The van der Waals surface area contributed by atoms with Crippen LogP contribution in [0.4, 0.5) is 31.1 Å². The molecule has 0 aromatic heterocycles. The zero-order valence-electron chi connectivity index (χ0n) is 10.9. The molecule has 0 saturated carbocycles. The van der Waals surface area contributed by atoms with Gasteiger partial charge in [-0.25, -0.2) is 4.79 Å². The second-order valence-corrected chi connectivity index (χ2v) is 4.30. The first-order valence-corrected chi connectivity index (χ1v) is 5.60. The number of amides is 1. The fourth-order valence-electron chi connectivity index (χ4n) is 1.38. The summed E-state index contributed by atoms with van der Waals surface area (Å²) >= 11 is 0. The number of halogens is 6. The molecule has 0 aliphatic rings. The third kappa shape index (κ3) is 4.83.